The lowest BCUT2D eigenvalue weighted by molar-refractivity contribution is 0.353. The first kappa shape index (κ1) is 18.2. The number of hydrogen-bond donors (Lipinski definition) is 0. The molecule has 5 nitrogen and oxygen atoms in total. The lowest BCUT2D eigenvalue weighted by Crippen LogP contribution is -2.30. The van der Waals surface area contributed by atoms with Crippen molar-refractivity contribution in [2.24, 2.45) is 0 Å². The van der Waals surface area contributed by atoms with Gasteiger partial charge in [-0.05, 0) is 29.8 Å². The summed E-state index contributed by atoms with van der Waals surface area (Å²) in [6, 6.07) is 10.3. The van der Waals surface area contributed by atoms with Gasteiger partial charge in [-0.25, -0.2) is 12.8 Å². The molecule has 2 rings (SSSR count). The van der Waals surface area contributed by atoms with Gasteiger partial charge < -0.3 is 9.47 Å². The van der Waals surface area contributed by atoms with Crippen LogP contribution in [0.25, 0.3) is 0 Å². The van der Waals surface area contributed by atoms with Gasteiger partial charge in [-0.1, -0.05) is 19.1 Å². The monoisotopic (exact) mass is 353 g/mol. The summed E-state index contributed by atoms with van der Waals surface area (Å²) in [5, 5.41) is 0. The van der Waals surface area contributed by atoms with Crippen molar-refractivity contribution in [3.63, 3.8) is 0 Å². The third-order valence-corrected chi connectivity index (χ3v) is 5.51. The molecule has 0 aliphatic rings. The first-order chi connectivity index (χ1) is 11.4. The van der Waals surface area contributed by atoms with Crippen molar-refractivity contribution in [1.82, 2.24) is 4.31 Å². The van der Waals surface area contributed by atoms with E-state index in [1.165, 1.54) is 42.8 Å². The van der Waals surface area contributed by atoms with Crippen molar-refractivity contribution in [2.45, 2.75) is 18.4 Å². The molecule has 0 amide bonds. The zero-order valence-corrected chi connectivity index (χ0v) is 14.6. The molecule has 0 fully saturated rings. The van der Waals surface area contributed by atoms with Gasteiger partial charge in [-0.3, -0.25) is 0 Å². The Kier molecular flexibility index (Phi) is 5.80. The highest BCUT2D eigenvalue weighted by Gasteiger charge is 2.24. The van der Waals surface area contributed by atoms with Crippen LogP contribution in [0.15, 0.2) is 47.4 Å². The molecule has 0 aliphatic heterocycles. The number of halogens is 1. The minimum Gasteiger partial charge on any atom is -0.493 e. The molecule has 0 aliphatic carbocycles. The van der Waals surface area contributed by atoms with Crippen molar-refractivity contribution < 1.29 is 22.3 Å². The zero-order chi connectivity index (χ0) is 17.7. The van der Waals surface area contributed by atoms with Crippen LogP contribution in [-0.2, 0) is 16.6 Å². The average molecular weight is 353 g/mol. The lowest BCUT2D eigenvalue weighted by Gasteiger charge is -2.21. The maximum absolute atomic E-state index is 13.3. The number of hydrogen-bond acceptors (Lipinski definition) is 4. The molecule has 7 heteroatoms. The average Bonchev–Trinajstić information content (AvgIpc) is 2.58. The highest BCUT2D eigenvalue weighted by molar-refractivity contribution is 7.89. The fourth-order valence-corrected chi connectivity index (χ4v) is 3.78. The van der Waals surface area contributed by atoms with Crippen molar-refractivity contribution in [2.75, 3.05) is 20.8 Å². The molecule has 0 bridgehead atoms. The van der Waals surface area contributed by atoms with Gasteiger partial charge >= 0.3 is 0 Å². The molecule has 0 heterocycles. The van der Waals surface area contributed by atoms with Crippen molar-refractivity contribution in [1.29, 1.82) is 0 Å². The molecule has 0 N–H and O–H groups in total. The van der Waals surface area contributed by atoms with E-state index >= 15 is 0 Å². The molecule has 0 spiro atoms. The highest BCUT2D eigenvalue weighted by Crippen LogP contribution is 2.31. The van der Waals surface area contributed by atoms with Crippen LogP contribution in [0.4, 0.5) is 4.39 Å². The molecule has 24 heavy (non-hydrogen) atoms. The van der Waals surface area contributed by atoms with E-state index in [2.05, 4.69) is 0 Å². The largest absolute Gasteiger partial charge is 0.493 e. The molecule has 130 valence electrons. The van der Waals surface area contributed by atoms with Crippen LogP contribution in [0.5, 0.6) is 11.5 Å². The Morgan fingerprint density at radius 3 is 2.33 bits per heavy atom. The van der Waals surface area contributed by atoms with Gasteiger partial charge in [-0.15, -0.1) is 0 Å². The summed E-state index contributed by atoms with van der Waals surface area (Å²) in [7, 11) is -0.821. The minimum atomic E-state index is -3.74. The number of methoxy groups -OCH3 is 2. The first-order valence-corrected chi connectivity index (χ1v) is 8.83. The van der Waals surface area contributed by atoms with Crippen molar-refractivity contribution in [3.05, 3.63) is 53.8 Å². The number of sulfonamides is 1. The first-order valence-electron chi connectivity index (χ1n) is 7.39. The Morgan fingerprint density at radius 1 is 1.04 bits per heavy atom. The third-order valence-electron chi connectivity index (χ3n) is 3.59. The van der Waals surface area contributed by atoms with E-state index in [0.717, 1.165) is 0 Å². The number of nitrogens with zero attached hydrogens (tertiary/aromatic N) is 1. The van der Waals surface area contributed by atoms with E-state index in [1.54, 1.807) is 25.1 Å². The van der Waals surface area contributed by atoms with Gasteiger partial charge in [0.15, 0.2) is 11.5 Å². The van der Waals surface area contributed by atoms with E-state index < -0.39 is 15.8 Å². The summed E-state index contributed by atoms with van der Waals surface area (Å²) in [4.78, 5) is 0.0957. The Morgan fingerprint density at radius 2 is 1.75 bits per heavy atom. The Hall–Kier alpha value is -2.12. The molecular formula is C17H20FNO4S. The molecular weight excluding hydrogens is 333 g/mol. The standard InChI is InChI=1S/C17H20FNO4S/c1-4-19(12-13-6-5-7-14(18)10-13)24(20,21)15-8-9-16(22-2)17(11-15)23-3/h5-11H,4,12H2,1-3H3. The Balaban J connectivity index is 2.36. The van der Waals surface area contributed by atoms with Crippen LogP contribution in [0, 0.1) is 5.82 Å². The summed E-state index contributed by atoms with van der Waals surface area (Å²) >= 11 is 0. The number of benzene rings is 2. The Labute approximate surface area is 141 Å². The van der Waals surface area contributed by atoms with Gasteiger partial charge in [0.25, 0.3) is 0 Å². The van der Waals surface area contributed by atoms with Gasteiger partial charge in [0.1, 0.15) is 5.82 Å². The predicted molar refractivity (Wildman–Crippen MR) is 89.2 cm³/mol. The predicted octanol–water partition coefficient (Wildman–Crippen LogP) is 3.05. The molecule has 2 aromatic carbocycles. The fraction of sp³-hybridized carbons (Fsp3) is 0.294. The lowest BCUT2D eigenvalue weighted by atomic mass is 10.2. The molecule has 0 atom stereocenters. The van der Waals surface area contributed by atoms with Gasteiger partial charge in [0.05, 0.1) is 19.1 Å². The number of rotatable bonds is 7. The topological polar surface area (TPSA) is 55.8 Å². The minimum absolute atomic E-state index is 0.0882. The highest BCUT2D eigenvalue weighted by atomic mass is 32.2. The molecule has 0 unspecified atom stereocenters. The van der Waals surface area contributed by atoms with E-state index in [9.17, 15) is 12.8 Å². The van der Waals surface area contributed by atoms with Crippen LogP contribution in [0.1, 0.15) is 12.5 Å². The molecule has 0 saturated heterocycles. The molecule has 0 saturated carbocycles. The van der Waals surface area contributed by atoms with Crippen molar-refractivity contribution >= 4 is 10.0 Å². The van der Waals surface area contributed by atoms with Crippen LogP contribution >= 0.6 is 0 Å². The summed E-state index contributed by atoms with van der Waals surface area (Å²) in [6.07, 6.45) is 0. The Bertz CT molecular complexity index is 808. The summed E-state index contributed by atoms with van der Waals surface area (Å²) in [5.41, 5.74) is 0.584. The van der Waals surface area contributed by atoms with Gasteiger partial charge in [0.2, 0.25) is 10.0 Å². The second-order valence-electron chi connectivity index (χ2n) is 5.08. The molecule has 0 radical (unpaired) electrons. The second-order valence-corrected chi connectivity index (χ2v) is 7.02. The van der Waals surface area contributed by atoms with Crippen LogP contribution in [0.2, 0.25) is 0 Å². The maximum atomic E-state index is 13.3. The van der Waals surface area contributed by atoms with E-state index in [4.69, 9.17) is 9.47 Å². The normalized spacial score (nSPS) is 11.5. The van der Waals surface area contributed by atoms with Gasteiger partial charge in [-0.2, -0.15) is 4.31 Å². The SMILES string of the molecule is CCN(Cc1cccc(F)c1)S(=O)(=O)c1ccc(OC)c(OC)c1. The summed E-state index contributed by atoms with van der Waals surface area (Å²) in [5.74, 6) is 0.386. The van der Waals surface area contributed by atoms with Crippen LogP contribution in [0.3, 0.4) is 0 Å². The number of ether oxygens (including phenoxy) is 2. The maximum Gasteiger partial charge on any atom is 0.243 e. The fourth-order valence-electron chi connectivity index (χ4n) is 2.33. The van der Waals surface area contributed by atoms with Crippen LogP contribution in [-0.4, -0.2) is 33.5 Å². The third kappa shape index (κ3) is 3.85. The van der Waals surface area contributed by atoms with Crippen molar-refractivity contribution in [3.8, 4) is 11.5 Å². The molecule has 0 aromatic heterocycles. The summed E-state index contributed by atoms with van der Waals surface area (Å²) in [6.45, 7) is 2.08. The van der Waals surface area contributed by atoms with E-state index in [0.29, 0.717) is 17.1 Å². The smallest absolute Gasteiger partial charge is 0.243 e. The van der Waals surface area contributed by atoms with E-state index in [1.807, 2.05) is 0 Å². The second kappa shape index (κ2) is 7.63. The van der Waals surface area contributed by atoms with Crippen LogP contribution < -0.4 is 9.47 Å². The summed E-state index contributed by atoms with van der Waals surface area (Å²) < 4.78 is 50.6. The van der Waals surface area contributed by atoms with E-state index in [-0.39, 0.29) is 18.0 Å². The van der Waals surface area contributed by atoms with Gasteiger partial charge in [0, 0.05) is 19.2 Å². The zero-order valence-electron chi connectivity index (χ0n) is 13.8. The molecule has 2 aromatic rings. The quantitative estimate of drug-likeness (QED) is 0.768.